The van der Waals surface area contributed by atoms with Crippen LogP contribution in [0, 0.1) is 0 Å². The quantitative estimate of drug-likeness (QED) is 0.355. The fourth-order valence-corrected chi connectivity index (χ4v) is 3.07. The highest BCUT2D eigenvalue weighted by atomic mass is 16.5. The molecule has 0 aromatic heterocycles. The third kappa shape index (κ3) is 11.0. The Bertz CT molecular complexity index is 453. The Morgan fingerprint density at radius 1 is 0.920 bits per heavy atom. The maximum atomic E-state index is 10.1. The molecule has 0 aliphatic carbocycles. The summed E-state index contributed by atoms with van der Waals surface area (Å²) in [6, 6.07) is 7.96. The molecule has 2 heteroatoms. The second kappa shape index (κ2) is 15.0. The van der Waals surface area contributed by atoms with Crippen LogP contribution in [-0.2, 0) is 0 Å². The number of hydrogen-bond donors (Lipinski definition) is 1. The third-order valence-electron chi connectivity index (χ3n) is 4.59. The highest BCUT2D eigenvalue weighted by molar-refractivity contribution is 5.56. The normalized spacial score (nSPS) is 12.6. The summed E-state index contributed by atoms with van der Waals surface area (Å²) in [7, 11) is 0. The number of unbranched alkanes of at least 4 members (excludes halogenated alkanes) is 9. The van der Waals surface area contributed by atoms with Crippen LogP contribution in [0.5, 0.6) is 5.75 Å². The van der Waals surface area contributed by atoms with Gasteiger partial charge < -0.3 is 9.84 Å². The number of hydrogen-bond acceptors (Lipinski definition) is 2. The minimum atomic E-state index is -0.368. The fourth-order valence-electron chi connectivity index (χ4n) is 3.07. The summed E-state index contributed by atoms with van der Waals surface area (Å²) in [6.45, 7) is 4.64. The minimum absolute atomic E-state index is 0.368. The van der Waals surface area contributed by atoms with Crippen LogP contribution in [0.4, 0.5) is 0 Å². The van der Waals surface area contributed by atoms with Crippen molar-refractivity contribution in [1.29, 1.82) is 0 Å². The SMILES string of the molecule is C/C=C/c1ccccc1OCC(O)CCCCCCCCCCCC. The smallest absolute Gasteiger partial charge is 0.126 e. The molecule has 0 saturated carbocycles. The molecule has 0 radical (unpaired) electrons. The molecule has 1 aromatic rings. The van der Waals surface area contributed by atoms with Gasteiger partial charge in [-0.2, -0.15) is 0 Å². The first kappa shape index (κ1) is 21.8. The van der Waals surface area contributed by atoms with E-state index >= 15 is 0 Å². The summed E-state index contributed by atoms with van der Waals surface area (Å²) in [4.78, 5) is 0. The molecule has 2 nitrogen and oxygen atoms in total. The van der Waals surface area contributed by atoms with Crippen LogP contribution in [0.3, 0.4) is 0 Å². The minimum Gasteiger partial charge on any atom is -0.490 e. The van der Waals surface area contributed by atoms with E-state index in [2.05, 4.69) is 6.92 Å². The topological polar surface area (TPSA) is 29.5 Å². The summed E-state index contributed by atoms with van der Waals surface area (Å²) in [5, 5.41) is 10.1. The van der Waals surface area contributed by atoms with Crippen molar-refractivity contribution in [3.8, 4) is 5.75 Å². The van der Waals surface area contributed by atoms with Gasteiger partial charge in [-0.25, -0.2) is 0 Å². The van der Waals surface area contributed by atoms with Gasteiger partial charge >= 0.3 is 0 Å². The zero-order valence-corrected chi connectivity index (χ0v) is 16.4. The average Bonchev–Trinajstić information content (AvgIpc) is 2.63. The van der Waals surface area contributed by atoms with Gasteiger partial charge in [-0.1, -0.05) is 101 Å². The lowest BCUT2D eigenvalue weighted by molar-refractivity contribution is 0.0974. The predicted octanol–water partition coefficient (Wildman–Crippen LogP) is 6.77. The van der Waals surface area contributed by atoms with E-state index in [1.165, 1.54) is 57.8 Å². The van der Waals surface area contributed by atoms with Crippen molar-refractivity contribution in [2.75, 3.05) is 6.61 Å². The van der Waals surface area contributed by atoms with Gasteiger partial charge in [-0.05, 0) is 19.4 Å². The van der Waals surface area contributed by atoms with E-state index in [1.807, 2.05) is 43.3 Å². The van der Waals surface area contributed by atoms with E-state index in [0.717, 1.165) is 24.2 Å². The van der Waals surface area contributed by atoms with E-state index in [-0.39, 0.29) is 6.10 Å². The van der Waals surface area contributed by atoms with Crippen molar-refractivity contribution in [2.45, 2.75) is 90.6 Å². The first-order valence-corrected chi connectivity index (χ1v) is 10.3. The largest absolute Gasteiger partial charge is 0.490 e. The van der Waals surface area contributed by atoms with Crippen molar-refractivity contribution in [2.24, 2.45) is 0 Å². The molecule has 0 spiro atoms. The molecule has 142 valence electrons. The molecule has 25 heavy (non-hydrogen) atoms. The van der Waals surface area contributed by atoms with Gasteiger partial charge in [0.15, 0.2) is 0 Å². The standard InChI is InChI=1S/C23H38O2/c1-3-5-6-7-8-9-10-11-12-13-18-22(24)20-25-23-19-15-14-17-21(23)16-4-2/h4,14-17,19,22,24H,3,5-13,18,20H2,1-2H3/b16-4+. The predicted molar refractivity (Wildman–Crippen MR) is 109 cm³/mol. The molecular formula is C23H38O2. The summed E-state index contributed by atoms with van der Waals surface area (Å²) < 4.78 is 5.79. The van der Waals surface area contributed by atoms with Crippen LogP contribution in [-0.4, -0.2) is 17.8 Å². The third-order valence-corrected chi connectivity index (χ3v) is 4.59. The van der Waals surface area contributed by atoms with Crippen molar-refractivity contribution in [3.63, 3.8) is 0 Å². The number of ether oxygens (including phenoxy) is 1. The van der Waals surface area contributed by atoms with Crippen molar-refractivity contribution in [3.05, 3.63) is 35.9 Å². The molecule has 1 rings (SSSR count). The van der Waals surface area contributed by atoms with Gasteiger partial charge in [0.25, 0.3) is 0 Å². The molecule has 0 heterocycles. The Hall–Kier alpha value is -1.28. The van der Waals surface area contributed by atoms with Gasteiger partial charge in [0.05, 0.1) is 6.10 Å². The van der Waals surface area contributed by atoms with Crippen LogP contribution in [0.2, 0.25) is 0 Å². The molecule has 0 saturated heterocycles. The molecule has 1 unspecified atom stereocenters. The van der Waals surface area contributed by atoms with Crippen molar-refractivity contribution < 1.29 is 9.84 Å². The summed E-state index contributed by atoms with van der Waals surface area (Å²) in [6.07, 6.45) is 17.7. The van der Waals surface area contributed by atoms with Gasteiger partial charge in [-0.3, -0.25) is 0 Å². The lowest BCUT2D eigenvalue weighted by Gasteiger charge is -2.14. The second-order valence-electron chi connectivity index (χ2n) is 6.97. The maximum absolute atomic E-state index is 10.1. The lowest BCUT2D eigenvalue weighted by Crippen LogP contribution is -2.17. The number of para-hydroxylation sites is 1. The first-order valence-electron chi connectivity index (χ1n) is 10.3. The molecule has 1 N–H and O–H groups in total. The first-order chi connectivity index (χ1) is 12.3. The monoisotopic (exact) mass is 346 g/mol. The van der Waals surface area contributed by atoms with Crippen LogP contribution in [0.1, 0.15) is 90.0 Å². The van der Waals surface area contributed by atoms with E-state index in [1.54, 1.807) is 0 Å². The molecule has 0 aliphatic heterocycles. The number of aliphatic hydroxyl groups is 1. The number of allylic oxidation sites excluding steroid dienone is 1. The Morgan fingerprint density at radius 3 is 2.16 bits per heavy atom. The van der Waals surface area contributed by atoms with Gasteiger partial charge in [0.1, 0.15) is 12.4 Å². The maximum Gasteiger partial charge on any atom is 0.126 e. The highest BCUT2D eigenvalue weighted by Gasteiger charge is 2.07. The number of aliphatic hydroxyl groups excluding tert-OH is 1. The average molecular weight is 347 g/mol. The highest BCUT2D eigenvalue weighted by Crippen LogP contribution is 2.20. The molecule has 1 aromatic carbocycles. The van der Waals surface area contributed by atoms with E-state index in [4.69, 9.17) is 4.74 Å². The van der Waals surface area contributed by atoms with Gasteiger partial charge in [0, 0.05) is 5.56 Å². The van der Waals surface area contributed by atoms with E-state index in [9.17, 15) is 5.11 Å². The summed E-state index contributed by atoms with van der Waals surface area (Å²) in [5.74, 6) is 0.850. The van der Waals surface area contributed by atoms with Crippen LogP contribution >= 0.6 is 0 Å². The second-order valence-corrected chi connectivity index (χ2v) is 6.97. The summed E-state index contributed by atoms with van der Waals surface area (Å²) >= 11 is 0. The van der Waals surface area contributed by atoms with Crippen LogP contribution in [0.25, 0.3) is 6.08 Å². The lowest BCUT2D eigenvalue weighted by atomic mass is 10.0. The molecule has 0 amide bonds. The Balaban J connectivity index is 2.03. The molecule has 0 fully saturated rings. The molecule has 0 bridgehead atoms. The Morgan fingerprint density at radius 2 is 1.52 bits per heavy atom. The van der Waals surface area contributed by atoms with Crippen LogP contribution in [0.15, 0.2) is 30.3 Å². The van der Waals surface area contributed by atoms with Gasteiger partial charge in [0.2, 0.25) is 0 Å². The molecule has 0 aliphatic rings. The zero-order valence-electron chi connectivity index (χ0n) is 16.4. The van der Waals surface area contributed by atoms with Crippen molar-refractivity contribution in [1.82, 2.24) is 0 Å². The van der Waals surface area contributed by atoms with E-state index < -0.39 is 0 Å². The number of benzene rings is 1. The Labute approximate surface area is 155 Å². The van der Waals surface area contributed by atoms with E-state index in [0.29, 0.717) is 6.61 Å². The Kier molecular flexibility index (Phi) is 13.1. The van der Waals surface area contributed by atoms with Crippen LogP contribution < -0.4 is 4.74 Å². The van der Waals surface area contributed by atoms with Crippen molar-refractivity contribution >= 4 is 6.08 Å². The molecule has 1 atom stereocenters. The fraction of sp³-hybridized carbons (Fsp3) is 0.652. The van der Waals surface area contributed by atoms with Gasteiger partial charge in [-0.15, -0.1) is 0 Å². The number of rotatable bonds is 15. The zero-order chi connectivity index (χ0) is 18.2. The molecular weight excluding hydrogens is 308 g/mol. The summed E-state index contributed by atoms with van der Waals surface area (Å²) in [5.41, 5.74) is 1.07.